The third kappa shape index (κ3) is 5.70. The standard InChI is InChI=1S/C21H22F4N2O6/c1-30-10-20(9-22)11-31-7-14(33-20)8-32-13-4-2-12(3-5-13)15-6-16(18(26)28)19(29)27-17(15)21(23,24)25/h2-6,14H,7-11H2,1H3,(H2,26,28)(H,27,29)/t14-,20-/m0/s1. The van der Waals surface area contributed by atoms with Crippen molar-refractivity contribution < 1.29 is 41.3 Å². The monoisotopic (exact) mass is 474 g/mol. The fourth-order valence-electron chi connectivity index (χ4n) is 3.41. The molecular weight excluding hydrogens is 452 g/mol. The molecule has 1 aromatic heterocycles. The molecule has 3 N–H and O–H groups in total. The maximum absolute atomic E-state index is 13.4. The van der Waals surface area contributed by atoms with Gasteiger partial charge >= 0.3 is 6.18 Å². The predicted molar refractivity (Wildman–Crippen MR) is 108 cm³/mol. The Bertz CT molecular complexity index is 1040. The number of ether oxygens (including phenoxy) is 4. The number of methoxy groups -OCH3 is 1. The molecule has 1 aliphatic rings. The Morgan fingerprint density at radius 2 is 2.00 bits per heavy atom. The molecule has 0 unspecified atom stereocenters. The number of carbonyl (C=O) groups is 1. The number of H-pyrrole nitrogens is 1. The summed E-state index contributed by atoms with van der Waals surface area (Å²) >= 11 is 0. The number of hydrogen-bond donors (Lipinski definition) is 2. The van der Waals surface area contributed by atoms with Gasteiger partial charge in [0.05, 0.1) is 19.8 Å². The summed E-state index contributed by atoms with van der Waals surface area (Å²) in [5.74, 6) is -0.850. The van der Waals surface area contributed by atoms with Crippen molar-refractivity contribution >= 4 is 5.91 Å². The number of aromatic nitrogens is 1. The normalized spacial score (nSPS) is 21.1. The molecule has 2 heterocycles. The van der Waals surface area contributed by atoms with E-state index < -0.39 is 52.8 Å². The number of aromatic amines is 1. The first-order valence-electron chi connectivity index (χ1n) is 9.76. The van der Waals surface area contributed by atoms with Crippen LogP contribution in [0.25, 0.3) is 11.1 Å². The zero-order valence-electron chi connectivity index (χ0n) is 17.5. The van der Waals surface area contributed by atoms with Crippen molar-refractivity contribution in [3.63, 3.8) is 0 Å². The van der Waals surface area contributed by atoms with Gasteiger partial charge in [-0.2, -0.15) is 13.2 Å². The van der Waals surface area contributed by atoms with Crippen LogP contribution in [0.3, 0.4) is 0 Å². The summed E-state index contributed by atoms with van der Waals surface area (Å²) < 4.78 is 75.4. The second-order valence-corrected chi connectivity index (χ2v) is 7.50. The first-order chi connectivity index (χ1) is 15.6. The molecule has 1 amide bonds. The van der Waals surface area contributed by atoms with Crippen LogP contribution in [0.1, 0.15) is 16.1 Å². The molecule has 0 radical (unpaired) electrons. The summed E-state index contributed by atoms with van der Waals surface area (Å²) in [6, 6.07) is 6.28. The van der Waals surface area contributed by atoms with Crippen LogP contribution in [0.15, 0.2) is 35.1 Å². The van der Waals surface area contributed by atoms with Gasteiger partial charge in [-0.3, -0.25) is 9.59 Å². The molecule has 1 aromatic carbocycles. The van der Waals surface area contributed by atoms with E-state index in [0.29, 0.717) is 5.75 Å². The quantitative estimate of drug-likeness (QED) is 0.568. The summed E-state index contributed by atoms with van der Waals surface area (Å²) in [4.78, 5) is 24.9. The van der Waals surface area contributed by atoms with E-state index in [-0.39, 0.29) is 32.0 Å². The summed E-state index contributed by atoms with van der Waals surface area (Å²) in [5.41, 5.74) is 0.389. The molecule has 180 valence electrons. The predicted octanol–water partition coefficient (Wildman–Crippen LogP) is 2.31. The fraction of sp³-hybridized carbons (Fsp3) is 0.429. The number of nitrogens with two attached hydrogens (primary N) is 1. The number of alkyl halides is 4. The lowest BCUT2D eigenvalue weighted by Gasteiger charge is -2.38. The average molecular weight is 474 g/mol. The maximum atomic E-state index is 13.4. The highest BCUT2D eigenvalue weighted by atomic mass is 19.4. The van der Waals surface area contributed by atoms with Crippen LogP contribution < -0.4 is 16.0 Å². The summed E-state index contributed by atoms with van der Waals surface area (Å²) in [5, 5.41) is 0. The van der Waals surface area contributed by atoms with Crippen LogP contribution in [0, 0.1) is 0 Å². The smallest absolute Gasteiger partial charge is 0.431 e. The van der Waals surface area contributed by atoms with Gasteiger partial charge in [-0.1, -0.05) is 12.1 Å². The van der Waals surface area contributed by atoms with Crippen molar-refractivity contribution in [3.05, 3.63) is 51.9 Å². The molecule has 1 aliphatic heterocycles. The summed E-state index contributed by atoms with van der Waals surface area (Å²) in [6.45, 7) is -0.589. The van der Waals surface area contributed by atoms with Crippen molar-refractivity contribution in [2.24, 2.45) is 5.73 Å². The van der Waals surface area contributed by atoms with E-state index in [2.05, 4.69) is 0 Å². The first kappa shape index (κ1) is 24.7. The number of halogens is 4. The molecule has 0 spiro atoms. The Morgan fingerprint density at radius 1 is 1.30 bits per heavy atom. The zero-order valence-corrected chi connectivity index (χ0v) is 17.5. The minimum atomic E-state index is -4.87. The van der Waals surface area contributed by atoms with Crippen molar-refractivity contribution in [3.8, 4) is 16.9 Å². The molecule has 0 bridgehead atoms. The lowest BCUT2D eigenvalue weighted by Crippen LogP contribution is -2.53. The fourth-order valence-corrected chi connectivity index (χ4v) is 3.41. The van der Waals surface area contributed by atoms with E-state index in [9.17, 15) is 27.2 Å². The first-order valence-corrected chi connectivity index (χ1v) is 9.76. The Balaban J connectivity index is 1.78. The van der Waals surface area contributed by atoms with Gasteiger partial charge in [0, 0.05) is 12.7 Å². The Morgan fingerprint density at radius 3 is 2.58 bits per heavy atom. The Kier molecular flexibility index (Phi) is 7.40. The lowest BCUT2D eigenvalue weighted by atomic mass is 10.0. The third-order valence-corrected chi connectivity index (χ3v) is 4.93. The SMILES string of the molecule is COC[C@@]1(CF)COC[C@@H](COc2ccc(-c3cc(C(N)=O)c(=O)[nH]c3C(F)(F)F)cc2)O1. The van der Waals surface area contributed by atoms with E-state index in [0.717, 1.165) is 6.07 Å². The van der Waals surface area contributed by atoms with Gasteiger partial charge in [0.2, 0.25) is 0 Å². The molecule has 1 fully saturated rings. The van der Waals surface area contributed by atoms with Gasteiger partial charge in [0.15, 0.2) is 0 Å². The molecule has 1 saturated heterocycles. The second-order valence-electron chi connectivity index (χ2n) is 7.50. The van der Waals surface area contributed by atoms with E-state index in [1.807, 2.05) is 0 Å². The van der Waals surface area contributed by atoms with Crippen LogP contribution >= 0.6 is 0 Å². The molecular formula is C21H22F4N2O6. The van der Waals surface area contributed by atoms with Gasteiger partial charge in [0.25, 0.3) is 11.5 Å². The molecule has 0 saturated carbocycles. The minimum absolute atomic E-state index is 0.00267. The van der Waals surface area contributed by atoms with Crippen LogP contribution in [0.4, 0.5) is 17.6 Å². The molecule has 8 nitrogen and oxygen atoms in total. The maximum Gasteiger partial charge on any atom is 0.431 e. The van der Waals surface area contributed by atoms with Crippen molar-refractivity contribution in [1.82, 2.24) is 4.98 Å². The van der Waals surface area contributed by atoms with Crippen LogP contribution in [-0.2, 0) is 20.4 Å². The minimum Gasteiger partial charge on any atom is -0.491 e. The number of hydrogen-bond acceptors (Lipinski definition) is 6. The van der Waals surface area contributed by atoms with Crippen LogP contribution in [0.2, 0.25) is 0 Å². The van der Waals surface area contributed by atoms with Gasteiger partial charge < -0.3 is 29.7 Å². The summed E-state index contributed by atoms with van der Waals surface area (Å²) in [6.07, 6.45) is -5.46. The Labute approximate surface area is 185 Å². The van der Waals surface area contributed by atoms with E-state index in [1.54, 1.807) is 4.98 Å². The van der Waals surface area contributed by atoms with Crippen LogP contribution in [-0.4, -0.2) is 62.8 Å². The lowest BCUT2D eigenvalue weighted by molar-refractivity contribution is -0.226. The third-order valence-electron chi connectivity index (χ3n) is 4.93. The number of rotatable bonds is 8. The summed E-state index contributed by atoms with van der Waals surface area (Å²) in [7, 11) is 1.42. The molecule has 12 heteroatoms. The largest absolute Gasteiger partial charge is 0.491 e. The van der Waals surface area contributed by atoms with Gasteiger partial charge in [-0.25, -0.2) is 4.39 Å². The molecule has 33 heavy (non-hydrogen) atoms. The van der Waals surface area contributed by atoms with Gasteiger partial charge in [0.1, 0.15) is 42.0 Å². The van der Waals surface area contributed by atoms with E-state index in [1.165, 1.54) is 31.4 Å². The zero-order chi connectivity index (χ0) is 24.2. The topological polar surface area (TPSA) is 113 Å². The van der Waals surface area contributed by atoms with Gasteiger partial charge in [-0.15, -0.1) is 0 Å². The second kappa shape index (κ2) is 9.89. The van der Waals surface area contributed by atoms with E-state index >= 15 is 0 Å². The molecule has 2 aromatic rings. The highest BCUT2D eigenvalue weighted by Crippen LogP contribution is 2.36. The number of benzene rings is 1. The number of pyridine rings is 1. The Hall–Kier alpha value is -2.96. The number of carbonyl (C=O) groups excluding carboxylic acids is 1. The van der Waals surface area contributed by atoms with E-state index in [4.69, 9.17) is 24.7 Å². The number of primary amides is 1. The molecule has 0 aliphatic carbocycles. The van der Waals surface area contributed by atoms with Gasteiger partial charge in [-0.05, 0) is 23.8 Å². The number of amides is 1. The van der Waals surface area contributed by atoms with Crippen molar-refractivity contribution in [2.75, 3.05) is 40.2 Å². The molecule has 3 rings (SSSR count). The highest BCUT2D eigenvalue weighted by Gasteiger charge is 2.39. The van der Waals surface area contributed by atoms with Crippen LogP contribution in [0.5, 0.6) is 5.75 Å². The average Bonchev–Trinajstić information content (AvgIpc) is 2.77. The number of nitrogens with one attached hydrogen (secondary N) is 1. The highest BCUT2D eigenvalue weighted by molar-refractivity contribution is 5.94. The molecule has 2 atom stereocenters. The van der Waals surface area contributed by atoms with Crippen molar-refractivity contribution in [1.29, 1.82) is 0 Å². The van der Waals surface area contributed by atoms with Crippen molar-refractivity contribution in [2.45, 2.75) is 17.9 Å².